The third kappa shape index (κ3) is 4.79. The number of nitrogens with zero attached hydrogens (tertiary/aromatic N) is 2. The van der Waals surface area contributed by atoms with Crippen LogP contribution in [0.3, 0.4) is 0 Å². The van der Waals surface area contributed by atoms with Gasteiger partial charge < -0.3 is 5.11 Å². The van der Waals surface area contributed by atoms with E-state index < -0.39 is 29.1 Å². The van der Waals surface area contributed by atoms with E-state index in [1.807, 2.05) is 25.1 Å². The van der Waals surface area contributed by atoms with Crippen LogP contribution >= 0.6 is 11.3 Å². The molecular weight excluding hydrogens is 554 g/mol. The summed E-state index contributed by atoms with van der Waals surface area (Å²) in [5.41, 5.74) is -5.09. The summed E-state index contributed by atoms with van der Waals surface area (Å²) in [5.74, 6) is 0.234. The zero-order valence-corrected chi connectivity index (χ0v) is 21.5. The van der Waals surface area contributed by atoms with Gasteiger partial charge >= 0.3 is 12.4 Å². The molecule has 0 amide bonds. The van der Waals surface area contributed by atoms with Crippen LogP contribution < -0.4 is 5.56 Å². The van der Waals surface area contributed by atoms with Crippen LogP contribution in [0.1, 0.15) is 21.8 Å². The minimum absolute atomic E-state index is 0.00171. The first-order valence-corrected chi connectivity index (χ1v) is 12.7. The second-order valence-corrected chi connectivity index (χ2v) is 10.5. The normalized spacial score (nSPS) is 12.7. The lowest BCUT2D eigenvalue weighted by Crippen LogP contribution is -2.53. The Bertz CT molecular complexity index is 1730. The summed E-state index contributed by atoms with van der Waals surface area (Å²) in [6.07, 6.45) is -11.9. The Hall–Kier alpha value is -3.96. The fraction of sp³-hybridized carbons (Fsp3) is 0.172. The number of hydrogen-bond donors (Lipinski definition) is 1. The maximum Gasteiger partial charge on any atom is 0.430 e. The maximum absolute atomic E-state index is 13.8. The molecule has 0 spiro atoms. The fourth-order valence-corrected chi connectivity index (χ4v) is 5.34. The van der Waals surface area contributed by atoms with Crippen LogP contribution in [-0.2, 0) is 12.0 Å². The van der Waals surface area contributed by atoms with E-state index in [9.17, 15) is 36.2 Å². The molecule has 206 valence electrons. The van der Waals surface area contributed by atoms with E-state index in [1.165, 1.54) is 15.9 Å². The number of hydrogen-bond acceptors (Lipinski definition) is 4. The molecule has 5 aromatic rings. The van der Waals surface area contributed by atoms with Crippen LogP contribution in [0.25, 0.3) is 27.0 Å². The molecule has 4 nitrogen and oxygen atoms in total. The van der Waals surface area contributed by atoms with Gasteiger partial charge in [-0.25, -0.2) is 4.98 Å². The Morgan fingerprint density at radius 2 is 1.50 bits per heavy atom. The molecule has 0 radical (unpaired) electrons. The number of benzene rings is 3. The van der Waals surface area contributed by atoms with Crippen molar-refractivity contribution in [3.05, 3.63) is 117 Å². The quantitative estimate of drug-likeness (QED) is 0.224. The SMILES string of the molecule is Cc1ccc(-c2ccc3nc(Cc4ccccc4)n(-c4ccc(C(O)(C(F)(F)F)C(F)(F)F)cc4)c(=O)c3c2)s1. The van der Waals surface area contributed by atoms with Gasteiger partial charge in [0, 0.05) is 21.7 Å². The van der Waals surface area contributed by atoms with E-state index in [-0.39, 0.29) is 23.3 Å². The van der Waals surface area contributed by atoms with Crippen LogP contribution in [0.15, 0.2) is 89.7 Å². The Balaban J connectivity index is 1.70. The molecule has 0 unspecified atom stereocenters. The lowest BCUT2D eigenvalue weighted by Gasteiger charge is -2.32. The average Bonchev–Trinajstić information content (AvgIpc) is 3.34. The molecule has 40 heavy (non-hydrogen) atoms. The van der Waals surface area contributed by atoms with Crippen molar-refractivity contribution in [2.45, 2.75) is 31.3 Å². The van der Waals surface area contributed by atoms with Gasteiger partial charge in [0.2, 0.25) is 0 Å². The van der Waals surface area contributed by atoms with Crippen molar-refractivity contribution in [3.8, 4) is 16.1 Å². The highest BCUT2D eigenvalue weighted by molar-refractivity contribution is 7.15. The van der Waals surface area contributed by atoms with E-state index in [0.717, 1.165) is 33.0 Å². The van der Waals surface area contributed by atoms with E-state index in [2.05, 4.69) is 4.98 Å². The molecular formula is C29H20F6N2O2S. The number of fused-ring (bicyclic) bond motifs is 1. The predicted octanol–water partition coefficient (Wildman–Crippen LogP) is 7.33. The molecule has 5 rings (SSSR count). The first-order chi connectivity index (χ1) is 18.8. The number of rotatable bonds is 5. The highest BCUT2D eigenvalue weighted by atomic mass is 32.1. The number of thiophene rings is 1. The molecule has 0 saturated heterocycles. The van der Waals surface area contributed by atoms with Crippen molar-refractivity contribution in [2.75, 3.05) is 0 Å². The second-order valence-electron chi connectivity index (χ2n) is 9.23. The van der Waals surface area contributed by atoms with Crippen LogP contribution in [0.2, 0.25) is 0 Å². The lowest BCUT2D eigenvalue weighted by molar-refractivity contribution is -0.376. The first-order valence-electron chi connectivity index (χ1n) is 11.9. The molecule has 0 fully saturated rings. The van der Waals surface area contributed by atoms with Crippen molar-refractivity contribution in [1.82, 2.24) is 9.55 Å². The van der Waals surface area contributed by atoms with E-state index >= 15 is 0 Å². The Morgan fingerprint density at radius 3 is 2.08 bits per heavy atom. The largest absolute Gasteiger partial charge is 0.430 e. The fourth-order valence-electron chi connectivity index (χ4n) is 4.48. The Kier molecular flexibility index (Phi) is 6.83. The molecule has 1 N–H and O–H groups in total. The average molecular weight is 575 g/mol. The number of aromatic nitrogens is 2. The smallest absolute Gasteiger partial charge is 0.369 e. The third-order valence-electron chi connectivity index (χ3n) is 6.53. The van der Waals surface area contributed by atoms with Gasteiger partial charge in [-0.15, -0.1) is 11.3 Å². The molecule has 3 aromatic carbocycles. The highest BCUT2D eigenvalue weighted by Crippen LogP contribution is 2.50. The standard InChI is InChI=1S/C29H20F6N2O2S/c1-17-7-14-24(40-17)19-8-13-23-22(16-19)26(38)37(25(36-23)15-18-5-3-2-4-6-18)21-11-9-20(10-12-21)27(39,28(30,31)32)29(33,34)35/h2-14,16,39H,15H2,1H3. The summed E-state index contributed by atoms with van der Waals surface area (Å²) in [6, 6.07) is 21.0. The molecule has 2 heterocycles. The topological polar surface area (TPSA) is 55.1 Å². The molecule has 0 aliphatic rings. The van der Waals surface area contributed by atoms with Gasteiger partial charge in [0.25, 0.3) is 11.2 Å². The van der Waals surface area contributed by atoms with Crippen LogP contribution in [0.5, 0.6) is 0 Å². The van der Waals surface area contributed by atoms with Gasteiger partial charge in [-0.3, -0.25) is 9.36 Å². The summed E-state index contributed by atoms with van der Waals surface area (Å²) in [7, 11) is 0. The minimum atomic E-state index is -6.02. The molecule has 0 aliphatic heterocycles. The van der Waals surface area contributed by atoms with Crippen LogP contribution in [0, 0.1) is 6.92 Å². The monoisotopic (exact) mass is 574 g/mol. The number of alkyl halides is 6. The molecule has 0 aliphatic carbocycles. The predicted molar refractivity (Wildman–Crippen MR) is 141 cm³/mol. The highest BCUT2D eigenvalue weighted by Gasteiger charge is 2.71. The second kappa shape index (κ2) is 9.90. The number of halogens is 6. The number of aliphatic hydroxyl groups is 1. The molecule has 2 aromatic heterocycles. The van der Waals surface area contributed by atoms with E-state index in [4.69, 9.17) is 0 Å². The van der Waals surface area contributed by atoms with Gasteiger partial charge in [0.1, 0.15) is 5.82 Å². The minimum Gasteiger partial charge on any atom is -0.369 e. The molecule has 0 bridgehead atoms. The summed E-state index contributed by atoms with van der Waals surface area (Å²) in [6.45, 7) is 1.95. The zero-order valence-electron chi connectivity index (χ0n) is 20.7. The van der Waals surface area contributed by atoms with Gasteiger partial charge in [-0.1, -0.05) is 48.5 Å². The van der Waals surface area contributed by atoms with Crippen molar-refractivity contribution < 1.29 is 31.4 Å². The van der Waals surface area contributed by atoms with Gasteiger partial charge in [0.05, 0.1) is 16.6 Å². The maximum atomic E-state index is 13.8. The number of aryl methyl sites for hydroxylation is 1. The van der Waals surface area contributed by atoms with Crippen molar-refractivity contribution in [2.24, 2.45) is 0 Å². The summed E-state index contributed by atoms with van der Waals surface area (Å²) < 4.78 is 81.6. The van der Waals surface area contributed by atoms with Crippen LogP contribution in [0.4, 0.5) is 26.3 Å². The van der Waals surface area contributed by atoms with Gasteiger partial charge in [0.15, 0.2) is 0 Å². The summed E-state index contributed by atoms with van der Waals surface area (Å²) >= 11 is 1.53. The zero-order chi connectivity index (χ0) is 28.9. The van der Waals surface area contributed by atoms with Crippen molar-refractivity contribution in [1.29, 1.82) is 0 Å². The van der Waals surface area contributed by atoms with Crippen molar-refractivity contribution >= 4 is 22.2 Å². The summed E-state index contributed by atoms with van der Waals surface area (Å²) in [4.78, 5) is 20.5. The summed E-state index contributed by atoms with van der Waals surface area (Å²) in [5, 5.41) is 10.0. The molecule has 0 saturated carbocycles. The lowest BCUT2D eigenvalue weighted by atomic mass is 9.92. The van der Waals surface area contributed by atoms with E-state index in [0.29, 0.717) is 17.6 Å². The van der Waals surface area contributed by atoms with E-state index in [1.54, 1.807) is 42.5 Å². The van der Waals surface area contributed by atoms with Crippen molar-refractivity contribution in [3.63, 3.8) is 0 Å². The van der Waals surface area contributed by atoms with Crippen LogP contribution in [-0.4, -0.2) is 27.0 Å². The Labute approximate surface area is 227 Å². The third-order valence-corrected chi connectivity index (χ3v) is 7.58. The van der Waals surface area contributed by atoms with Gasteiger partial charge in [-0.05, 0) is 54.4 Å². The first kappa shape index (κ1) is 27.6. The Morgan fingerprint density at radius 1 is 0.850 bits per heavy atom. The molecule has 0 atom stereocenters. The molecule has 11 heteroatoms. The van der Waals surface area contributed by atoms with Gasteiger partial charge in [-0.2, -0.15) is 26.3 Å².